The predicted octanol–water partition coefficient (Wildman–Crippen LogP) is 5.21. The van der Waals surface area contributed by atoms with Crippen molar-refractivity contribution in [3.05, 3.63) is 87.2 Å². The van der Waals surface area contributed by atoms with Crippen LogP contribution in [0.25, 0.3) is 0 Å². The van der Waals surface area contributed by atoms with E-state index in [1.807, 2.05) is 55.5 Å². The lowest BCUT2D eigenvalue weighted by atomic mass is 10.1. The summed E-state index contributed by atoms with van der Waals surface area (Å²) in [7, 11) is 0. The molecule has 0 saturated heterocycles. The number of carbonyl (C=O) groups is 2. The molecule has 0 unspecified atom stereocenters. The first kappa shape index (κ1) is 25.0. The number of halogens is 2. The fraction of sp³-hybridized carbons (Fsp3) is 0.250. The molecule has 3 rings (SSSR count). The van der Waals surface area contributed by atoms with Crippen molar-refractivity contribution in [2.75, 3.05) is 6.54 Å². The minimum absolute atomic E-state index is 0.0665. The van der Waals surface area contributed by atoms with Gasteiger partial charge in [-0.2, -0.15) is 0 Å². The maximum absolute atomic E-state index is 12.5. The molecular formula is C24H24Cl2N4O2S. The molecule has 2 N–H and O–H groups in total. The maximum Gasteiger partial charge on any atom is 0.271 e. The van der Waals surface area contributed by atoms with Crippen LogP contribution in [0.15, 0.2) is 59.9 Å². The molecule has 0 radical (unpaired) electrons. The predicted molar refractivity (Wildman–Crippen MR) is 133 cm³/mol. The summed E-state index contributed by atoms with van der Waals surface area (Å²) in [5.74, 6) is 0.102. The van der Waals surface area contributed by atoms with Gasteiger partial charge in [-0.15, -0.1) is 0 Å². The molecular weight excluding hydrogens is 479 g/mol. The highest BCUT2D eigenvalue weighted by molar-refractivity contribution is 7.98. The zero-order valence-corrected chi connectivity index (χ0v) is 20.4. The highest BCUT2D eigenvalue weighted by Gasteiger charge is 2.15. The maximum atomic E-state index is 12.5. The van der Waals surface area contributed by atoms with Gasteiger partial charge in [-0.1, -0.05) is 83.0 Å². The monoisotopic (exact) mass is 502 g/mol. The van der Waals surface area contributed by atoms with Crippen LogP contribution >= 0.6 is 35.0 Å². The summed E-state index contributed by atoms with van der Waals surface area (Å²) >= 11 is 13.7. The zero-order valence-electron chi connectivity index (χ0n) is 18.1. The van der Waals surface area contributed by atoms with E-state index >= 15 is 0 Å². The molecule has 2 aromatic carbocycles. The summed E-state index contributed by atoms with van der Waals surface area (Å²) in [5, 5.41) is 6.91. The van der Waals surface area contributed by atoms with Crippen molar-refractivity contribution in [1.82, 2.24) is 20.6 Å². The van der Waals surface area contributed by atoms with Gasteiger partial charge in [0.25, 0.3) is 5.91 Å². The Kier molecular flexibility index (Phi) is 9.54. The molecule has 2 amide bonds. The third-order valence-electron chi connectivity index (χ3n) is 4.73. The summed E-state index contributed by atoms with van der Waals surface area (Å²) in [5.41, 5.74) is 3.28. The van der Waals surface area contributed by atoms with Gasteiger partial charge in [0.15, 0.2) is 10.9 Å². The van der Waals surface area contributed by atoms with E-state index in [4.69, 9.17) is 23.2 Å². The second kappa shape index (κ2) is 12.6. The standard InChI is InChI=1S/C24H24Cl2N4O2S/c1-16-8-10-17(11-9-16)13-28-21(31)7-4-12-27-23(32)22-20(26)14-29-24(30-22)33-15-18-5-2-3-6-19(18)25/h2-3,5-6,8-11,14H,4,7,12-13,15H2,1H3,(H,27,32)(H,28,31). The van der Waals surface area contributed by atoms with E-state index in [1.165, 1.54) is 23.5 Å². The lowest BCUT2D eigenvalue weighted by Gasteiger charge is -2.08. The van der Waals surface area contributed by atoms with Crippen molar-refractivity contribution >= 4 is 46.8 Å². The number of nitrogens with zero attached hydrogens (tertiary/aromatic N) is 2. The topological polar surface area (TPSA) is 84.0 Å². The largest absolute Gasteiger partial charge is 0.352 e. The van der Waals surface area contributed by atoms with E-state index in [1.54, 1.807) is 0 Å². The first-order valence-electron chi connectivity index (χ1n) is 10.4. The van der Waals surface area contributed by atoms with Gasteiger partial charge in [-0.05, 0) is 30.5 Å². The summed E-state index contributed by atoms with van der Waals surface area (Å²) in [4.78, 5) is 33.0. The van der Waals surface area contributed by atoms with Crippen molar-refractivity contribution in [2.45, 2.75) is 37.2 Å². The Morgan fingerprint density at radius 1 is 1.00 bits per heavy atom. The Hall–Kier alpha value is -2.61. The number of benzene rings is 2. The Balaban J connectivity index is 1.43. The van der Waals surface area contributed by atoms with E-state index in [-0.39, 0.29) is 16.6 Å². The molecule has 9 heteroatoms. The fourth-order valence-electron chi connectivity index (χ4n) is 2.87. The van der Waals surface area contributed by atoms with Crippen LogP contribution in [0, 0.1) is 6.92 Å². The molecule has 1 heterocycles. The molecule has 0 saturated carbocycles. The lowest BCUT2D eigenvalue weighted by Crippen LogP contribution is -2.28. The van der Waals surface area contributed by atoms with Crippen LogP contribution in [-0.4, -0.2) is 28.3 Å². The highest BCUT2D eigenvalue weighted by Crippen LogP contribution is 2.25. The summed E-state index contributed by atoms with van der Waals surface area (Å²) < 4.78 is 0. The van der Waals surface area contributed by atoms with Gasteiger partial charge < -0.3 is 10.6 Å². The fourth-order valence-corrected chi connectivity index (χ4v) is 4.15. The van der Waals surface area contributed by atoms with Crippen molar-refractivity contribution in [3.8, 4) is 0 Å². The number of hydrogen-bond acceptors (Lipinski definition) is 5. The van der Waals surface area contributed by atoms with Crippen molar-refractivity contribution in [3.63, 3.8) is 0 Å². The lowest BCUT2D eigenvalue weighted by molar-refractivity contribution is -0.121. The molecule has 0 aliphatic rings. The van der Waals surface area contributed by atoms with Crippen molar-refractivity contribution < 1.29 is 9.59 Å². The number of aryl methyl sites for hydroxylation is 1. The van der Waals surface area contributed by atoms with Gasteiger partial charge >= 0.3 is 0 Å². The van der Waals surface area contributed by atoms with Gasteiger partial charge in [0, 0.05) is 30.3 Å². The Labute approximate surface area is 207 Å². The average Bonchev–Trinajstić information content (AvgIpc) is 2.81. The molecule has 6 nitrogen and oxygen atoms in total. The van der Waals surface area contributed by atoms with Gasteiger partial charge in [0.05, 0.1) is 11.2 Å². The van der Waals surface area contributed by atoms with E-state index in [9.17, 15) is 9.59 Å². The Bertz CT molecular complexity index is 1110. The van der Waals surface area contributed by atoms with E-state index in [0.717, 1.165) is 11.1 Å². The number of carbonyl (C=O) groups excluding carboxylic acids is 2. The quantitative estimate of drug-likeness (QED) is 0.226. The smallest absolute Gasteiger partial charge is 0.271 e. The van der Waals surface area contributed by atoms with Gasteiger partial charge in [0.1, 0.15) is 0 Å². The normalized spacial score (nSPS) is 10.6. The number of hydrogen-bond donors (Lipinski definition) is 2. The van der Waals surface area contributed by atoms with Gasteiger partial charge in [-0.3, -0.25) is 9.59 Å². The average molecular weight is 503 g/mol. The first-order valence-corrected chi connectivity index (χ1v) is 12.2. The van der Waals surface area contributed by atoms with Crippen molar-refractivity contribution in [2.24, 2.45) is 0 Å². The summed E-state index contributed by atoms with van der Waals surface area (Å²) in [6.07, 6.45) is 2.22. The number of nitrogens with one attached hydrogen (secondary N) is 2. The second-order valence-electron chi connectivity index (χ2n) is 7.35. The number of rotatable bonds is 10. The summed E-state index contributed by atoms with van der Waals surface area (Å²) in [6.45, 7) is 2.83. The van der Waals surface area contributed by atoms with Crippen LogP contribution in [0.1, 0.15) is 40.0 Å². The summed E-state index contributed by atoms with van der Waals surface area (Å²) in [6, 6.07) is 15.5. The SMILES string of the molecule is Cc1ccc(CNC(=O)CCCNC(=O)c2nc(SCc3ccccc3Cl)ncc2Cl)cc1. The second-order valence-corrected chi connectivity index (χ2v) is 9.11. The third-order valence-corrected chi connectivity index (χ3v) is 6.28. The highest BCUT2D eigenvalue weighted by atomic mass is 35.5. The Morgan fingerprint density at radius 2 is 1.76 bits per heavy atom. The molecule has 0 fully saturated rings. The molecule has 3 aromatic rings. The molecule has 172 valence electrons. The number of thioether (sulfide) groups is 1. The van der Waals surface area contributed by atoms with Crippen LogP contribution in [0.4, 0.5) is 0 Å². The van der Waals surface area contributed by atoms with E-state index < -0.39 is 5.91 Å². The Morgan fingerprint density at radius 3 is 2.52 bits per heavy atom. The minimum Gasteiger partial charge on any atom is -0.352 e. The van der Waals surface area contributed by atoms with Crippen molar-refractivity contribution in [1.29, 1.82) is 0 Å². The molecule has 0 spiro atoms. The van der Waals surface area contributed by atoms with E-state index in [2.05, 4.69) is 20.6 Å². The van der Waals surface area contributed by atoms with E-state index in [0.29, 0.717) is 41.9 Å². The van der Waals surface area contributed by atoms with Crippen LogP contribution in [-0.2, 0) is 17.1 Å². The molecule has 0 aliphatic heterocycles. The minimum atomic E-state index is -0.401. The first-order chi connectivity index (χ1) is 15.9. The molecule has 0 atom stereocenters. The van der Waals surface area contributed by atoms with Crippen LogP contribution in [0.2, 0.25) is 10.0 Å². The number of aromatic nitrogens is 2. The number of amides is 2. The molecule has 1 aromatic heterocycles. The molecule has 0 aliphatic carbocycles. The zero-order chi connectivity index (χ0) is 23.6. The molecule has 0 bridgehead atoms. The third kappa shape index (κ3) is 8.03. The van der Waals surface area contributed by atoms with Crippen LogP contribution in [0.5, 0.6) is 0 Å². The van der Waals surface area contributed by atoms with Gasteiger partial charge in [-0.25, -0.2) is 9.97 Å². The van der Waals surface area contributed by atoms with Crippen LogP contribution < -0.4 is 10.6 Å². The van der Waals surface area contributed by atoms with Crippen LogP contribution in [0.3, 0.4) is 0 Å². The molecule has 33 heavy (non-hydrogen) atoms. The van der Waals surface area contributed by atoms with Gasteiger partial charge in [0.2, 0.25) is 5.91 Å².